The predicted molar refractivity (Wildman–Crippen MR) is 195 cm³/mol. The second-order valence-corrected chi connectivity index (χ2v) is 16.8. The Labute approximate surface area is 316 Å². The van der Waals surface area contributed by atoms with Crippen LogP contribution in [0.25, 0.3) is 0 Å². The molecular formula is C38H70N2O13. The van der Waals surface area contributed by atoms with Gasteiger partial charge in [0, 0.05) is 44.4 Å². The number of nitrogens with zero attached hydrogens (tertiary/aromatic N) is 2. The van der Waals surface area contributed by atoms with E-state index in [0.717, 1.165) is 0 Å². The maximum absolute atomic E-state index is 14.2. The largest absolute Gasteiger partial charge is 0.459 e. The standard InChI is InChI=1S/C38H70N2O13/c1-15-26-38(10,45)31(42)21(4)28(39-46)19(2)17-37(9,48-14)33(53-35-29(41)25(40(11)12)16-20(3)49-35)22(5)30(23(6)34(44)51-26)52-27-18-36(8,47-13)32(43)24(7)50-27/h19-27,29-33,35,41-43,45-46H,15-18H2,1-14H3/b39-28-/t19-,20-,21-,22?,23-,24+,25+,26-,27+,29-,30+,31-,32+,33-,35+,36-,37-,38-/m1/s1. The second-order valence-electron chi connectivity index (χ2n) is 16.8. The van der Waals surface area contributed by atoms with Gasteiger partial charge in [-0.15, -0.1) is 0 Å². The van der Waals surface area contributed by atoms with Crippen LogP contribution >= 0.6 is 0 Å². The van der Waals surface area contributed by atoms with Crippen molar-refractivity contribution in [3.8, 4) is 0 Å². The van der Waals surface area contributed by atoms with Crippen molar-refractivity contribution in [3.05, 3.63) is 0 Å². The van der Waals surface area contributed by atoms with E-state index in [9.17, 15) is 30.4 Å². The Morgan fingerprint density at radius 2 is 1.49 bits per heavy atom. The van der Waals surface area contributed by atoms with E-state index in [-0.39, 0.29) is 37.1 Å². The molecule has 0 saturated carbocycles. The minimum absolute atomic E-state index is 0.128. The van der Waals surface area contributed by atoms with Crippen molar-refractivity contribution >= 4 is 11.7 Å². The summed E-state index contributed by atoms with van der Waals surface area (Å²) in [5.74, 6) is -3.82. The molecule has 53 heavy (non-hydrogen) atoms. The van der Waals surface area contributed by atoms with Crippen LogP contribution in [0, 0.1) is 23.7 Å². The molecule has 0 spiro atoms. The molecule has 0 bridgehead atoms. The van der Waals surface area contributed by atoms with Gasteiger partial charge < -0.3 is 63.7 Å². The first-order valence-corrected chi connectivity index (χ1v) is 19.1. The van der Waals surface area contributed by atoms with Gasteiger partial charge in [0.15, 0.2) is 12.6 Å². The number of rotatable bonds is 8. The summed E-state index contributed by atoms with van der Waals surface area (Å²) in [6.07, 6.45) is -8.53. The molecule has 3 aliphatic heterocycles. The van der Waals surface area contributed by atoms with Crippen LogP contribution in [-0.4, -0.2) is 155 Å². The van der Waals surface area contributed by atoms with Crippen molar-refractivity contribution in [2.45, 2.75) is 179 Å². The Morgan fingerprint density at radius 3 is 2.02 bits per heavy atom. The number of ether oxygens (including phenoxy) is 7. The van der Waals surface area contributed by atoms with E-state index in [1.54, 1.807) is 34.6 Å². The summed E-state index contributed by atoms with van der Waals surface area (Å²) >= 11 is 0. The van der Waals surface area contributed by atoms with Crippen molar-refractivity contribution in [1.82, 2.24) is 4.90 Å². The van der Waals surface area contributed by atoms with Crippen LogP contribution in [0.1, 0.15) is 94.9 Å². The number of carbonyl (C=O) groups is 1. The van der Waals surface area contributed by atoms with Gasteiger partial charge in [-0.05, 0) is 74.9 Å². The van der Waals surface area contributed by atoms with Crippen molar-refractivity contribution in [3.63, 3.8) is 0 Å². The molecule has 0 radical (unpaired) electrons. The zero-order valence-electron chi connectivity index (χ0n) is 34.4. The summed E-state index contributed by atoms with van der Waals surface area (Å²) in [5.41, 5.74) is -3.99. The van der Waals surface area contributed by atoms with Crippen LogP contribution in [0.3, 0.4) is 0 Å². The molecule has 15 heteroatoms. The van der Waals surface area contributed by atoms with Gasteiger partial charge in [0.05, 0.1) is 53.4 Å². The SMILES string of the molecule is CC[C@H]1OC(=O)[C@H](C)[C@@H](O[C@H]2C[C@@](C)(OC)[C@@H](O)[C@H](C)O2)C(C)[C@@H](O[C@@H]2O[C@H](C)C[C@H](N(C)C)[C@H]2O)[C@](C)(OC)C[C@@H](C)/C(=N/O)[C@@H](C)[C@@H](O)[C@]1(C)O. The number of likely N-dealkylation sites (N-methyl/N-ethyl adjacent to an activating group) is 1. The molecule has 0 amide bonds. The van der Waals surface area contributed by atoms with Gasteiger partial charge in [-0.25, -0.2) is 0 Å². The number of carbonyl (C=O) groups excluding carboxylic acids is 1. The molecule has 5 N–H and O–H groups in total. The highest BCUT2D eigenvalue weighted by atomic mass is 16.7. The summed E-state index contributed by atoms with van der Waals surface area (Å²) in [7, 11) is 6.80. The van der Waals surface area contributed by atoms with Crippen LogP contribution in [0.4, 0.5) is 0 Å². The summed E-state index contributed by atoms with van der Waals surface area (Å²) in [6, 6.07) is -0.282. The smallest absolute Gasteiger partial charge is 0.311 e. The van der Waals surface area contributed by atoms with E-state index < -0.39 is 102 Å². The van der Waals surface area contributed by atoms with Crippen LogP contribution in [0.15, 0.2) is 5.16 Å². The van der Waals surface area contributed by atoms with E-state index in [0.29, 0.717) is 6.42 Å². The van der Waals surface area contributed by atoms with Crippen LogP contribution in [-0.2, 0) is 38.0 Å². The third-order valence-electron chi connectivity index (χ3n) is 12.4. The molecule has 3 rings (SSSR count). The number of esters is 1. The fraction of sp³-hybridized carbons (Fsp3) is 0.947. The van der Waals surface area contributed by atoms with E-state index in [4.69, 9.17) is 33.2 Å². The van der Waals surface area contributed by atoms with Gasteiger partial charge in [-0.1, -0.05) is 32.9 Å². The molecule has 0 aromatic rings. The minimum atomic E-state index is -1.94. The van der Waals surface area contributed by atoms with Crippen LogP contribution in [0.2, 0.25) is 0 Å². The lowest BCUT2D eigenvalue weighted by Gasteiger charge is -2.50. The Balaban J connectivity index is 2.25. The molecule has 3 fully saturated rings. The molecule has 3 aliphatic rings. The number of aliphatic hydroxyl groups excluding tert-OH is 3. The average Bonchev–Trinajstić information content (AvgIpc) is 3.10. The molecule has 0 aromatic heterocycles. The molecular weight excluding hydrogens is 692 g/mol. The molecule has 0 aliphatic carbocycles. The van der Waals surface area contributed by atoms with Crippen molar-refractivity contribution in [1.29, 1.82) is 0 Å². The summed E-state index contributed by atoms with van der Waals surface area (Å²) in [5, 5.41) is 59.8. The van der Waals surface area contributed by atoms with Gasteiger partial charge in [-0.3, -0.25) is 4.79 Å². The van der Waals surface area contributed by atoms with E-state index >= 15 is 0 Å². The lowest BCUT2D eigenvalue weighted by atomic mass is 9.73. The number of hydrogen-bond donors (Lipinski definition) is 5. The monoisotopic (exact) mass is 762 g/mol. The lowest BCUT2D eigenvalue weighted by Crippen LogP contribution is -2.61. The van der Waals surface area contributed by atoms with Gasteiger partial charge >= 0.3 is 5.97 Å². The van der Waals surface area contributed by atoms with Crippen molar-refractivity contribution in [2.75, 3.05) is 28.3 Å². The lowest BCUT2D eigenvalue weighted by molar-refractivity contribution is -0.319. The molecule has 3 heterocycles. The maximum Gasteiger partial charge on any atom is 0.311 e. The van der Waals surface area contributed by atoms with E-state index in [1.165, 1.54) is 21.1 Å². The summed E-state index contributed by atoms with van der Waals surface area (Å²) in [6.45, 7) is 17.3. The minimum Gasteiger partial charge on any atom is -0.459 e. The number of methoxy groups -OCH3 is 2. The Morgan fingerprint density at radius 1 is 0.887 bits per heavy atom. The third-order valence-corrected chi connectivity index (χ3v) is 12.4. The average molecular weight is 763 g/mol. The fourth-order valence-electron chi connectivity index (χ4n) is 8.78. The second kappa shape index (κ2) is 18.2. The summed E-state index contributed by atoms with van der Waals surface area (Å²) in [4.78, 5) is 16.2. The number of oxime groups is 1. The molecule has 1 unspecified atom stereocenters. The van der Waals surface area contributed by atoms with E-state index in [2.05, 4.69) is 5.16 Å². The number of hydrogen-bond acceptors (Lipinski definition) is 15. The molecule has 18 atom stereocenters. The highest BCUT2D eigenvalue weighted by molar-refractivity contribution is 5.88. The Kier molecular flexibility index (Phi) is 15.7. The number of aliphatic hydroxyl groups is 4. The van der Waals surface area contributed by atoms with Crippen LogP contribution in [0.5, 0.6) is 0 Å². The molecule has 3 saturated heterocycles. The Hall–Kier alpha value is -1.50. The highest BCUT2D eigenvalue weighted by Crippen LogP contribution is 2.42. The third kappa shape index (κ3) is 9.73. The zero-order valence-corrected chi connectivity index (χ0v) is 34.4. The van der Waals surface area contributed by atoms with Gasteiger partial charge in [0.1, 0.15) is 23.9 Å². The first-order valence-electron chi connectivity index (χ1n) is 19.1. The molecule has 15 nitrogen and oxygen atoms in total. The zero-order chi connectivity index (χ0) is 40.4. The maximum atomic E-state index is 14.2. The topological polar surface area (TPSA) is 198 Å². The van der Waals surface area contributed by atoms with Gasteiger partial charge in [0.2, 0.25) is 0 Å². The highest BCUT2D eigenvalue weighted by Gasteiger charge is 2.54. The first kappa shape index (κ1) is 45.9. The van der Waals surface area contributed by atoms with Crippen molar-refractivity contribution in [2.24, 2.45) is 28.8 Å². The van der Waals surface area contributed by atoms with Crippen molar-refractivity contribution < 1.29 is 63.6 Å². The first-order chi connectivity index (χ1) is 24.5. The summed E-state index contributed by atoms with van der Waals surface area (Å²) < 4.78 is 44.1. The fourth-order valence-corrected chi connectivity index (χ4v) is 8.78. The van der Waals surface area contributed by atoms with Gasteiger partial charge in [0.25, 0.3) is 0 Å². The normalized spacial score (nSPS) is 49.1. The quantitative estimate of drug-likeness (QED) is 0.137. The Bertz CT molecular complexity index is 1220. The van der Waals surface area contributed by atoms with Gasteiger partial charge in [-0.2, -0.15) is 0 Å². The molecule has 0 aromatic carbocycles. The molecule has 310 valence electrons. The van der Waals surface area contributed by atoms with E-state index in [1.807, 2.05) is 46.7 Å². The van der Waals surface area contributed by atoms with Crippen LogP contribution < -0.4 is 0 Å². The number of cyclic esters (lactones) is 1. The predicted octanol–water partition coefficient (Wildman–Crippen LogP) is 2.70.